The third kappa shape index (κ3) is 1.85. The van der Waals surface area contributed by atoms with Crippen LogP contribution in [0.15, 0.2) is 12.5 Å². The van der Waals surface area contributed by atoms with Gasteiger partial charge in [-0.1, -0.05) is 13.3 Å². The first kappa shape index (κ1) is 9.26. The van der Waals surface area contributed by atoms with Crippen molar-refractivity contribution in [1.29, 1.82) is 0 Å². The molecular formula is C9H16N2O. The minimum absolute atomic E-state index is 0.350. The number of imidazole rings is 1. The number of nitrogens with zero attached hydrogens (tertiary/aromatic N) is 2. The quantitative estimate of drug-likeness (QED) is 0.743. The molecule has 1 unspecified atom stereocenters. The van der Waals surface area contributed by atoms with Gasteiger partial charge in [0.25, 0.3) is 0 Å². The smallest absolute Gasteiger partial charge is 0.0955 e. The highest BCUT2D eigenvalue weighted by atomic mass is 16.3. The summed E-state index contributed by atoms with van der Waals surface area (Å²) in [6, 6.07) is 0. The van der Waals surface area contributed by atoms with Gasteiger partial charge in [-0.25, -0.2) is 4.98 Å². The van der Waals surface area contributed by atoms with Crippen molar-refractivity contribution in [3.8, 4) is 0 Å². The Morgan fingerprint density at radius 2 is 2.33 bits per heavy atom. The van der Waals surface area contributed by atoms with Gasteiger partial charge >= 0.3 is 0 Å². The number of rotatable bonds is 4. The molecule has 1 N–H and O–H groups in total. The minimum Gasteiger partial charge on any atom is -0.387 e. The van der Waals surface area contributed by atoms with E-state index in [1.54, 1.807) is 12.5 Å². The second-order valence-electron chi connectivity index (χ2n) is 2.91. The first-order chi connectivity index (χ1) is 5.79. The van der Waals surface area contributed by atoms with E-state index in [1.165, 1.54) is 0 Å². The molecule has 0 aromatic carbocycles. The van der Waals surface area contributed by atoms with Crippen LogP contribution in [0.3, 0.4) is 0 Å². The lowest BCUT2D eigenvalue weighted by Gasteiger charge is -2.10. The van der Waals surface area contributed by atoms with E-state index in [9.17, 15) is 5.11 Å². The number of aryl methyl sites for hydroxylation is 1. The van der Waals surface area contributed by atoms with Crippen LogP contribution in [0, 0.1) is 0 Å². The van der Waals surface area contributed by atoms with Crippen molar-refractivity contribution in [3.05, 3.63) is 18.2 Å². The Bertz CT molecular complexity index is 232. The molecule has 0 saturated heterocycles. The predicted octanol–water partition coefficient (Wildman–Crippen LogP) is 1.74. The van der Waals surface area contributed by atoms with Gasteiger partial charge in [0.15, 0.2) is 0 Å². The Hall–Kier alpha value is -0.830. The number of hydrogen-bond acceptors (Lipinski definition) is 2. The van der Waals surface area contributed by atoms with Crippen LogP contribution in [-0.4, -0.2) is 14.7 Å². The summed E-state index contributed by atoms with van der Waals surface area (Å²) >= 11 is 0. The molecule has 1 rings (SSSR count). The second kappa shape index (κ2) is 4.26. The van der Waals surface area contributed by atoms with Gasteiger partial charge in [-0.05, 0) is 13.3 Å². The van der Waals surface area contributed by atoms with Gasteiger partial charge in [-0.3, -0.25) is 0 Å². The van der Waals surface area contributed by atoms with Crippen LogP contribution < -0.4 is 0 Å². The molecule has 0 radical (unpaired) electrons. The van der Waals surface area contributed by atoms with Crippen molar-refractivity contribution in [2.45, 2.75) is 39.3 Å². The maximum Gasteiger partial charge on any atom is 0.0955 e. The van der Waals surface area contributed by atoms with E-state index in [2.05, 4.69) is 11.9 Å². The van der Waals surface area contributed by atoms with Crippen LogP contribution in [-0.2, 0) is 6.54 Å². The van der Waals surface area contributed by atoms with Gasteiger partial charge in [0.2, 0.25) is 0 Å². The minimum atomic E-state index is -0.350. The maximum absolute atomic E-state index is 9.66. The summed E-state index contributed by atoms with van der Waals surface area (Å²) in [5.74, 6) is 0. The fourth-order valence-corrected chi connectivity index (χ4v) is 1.29. The predicted molar refractivity (Wildman–Crippen MR) is 47.8 cm³/mol. The summed E-state index contributed by atoms with van der Waals surface area (Å²) in [4.78, 5) is 4.00. The maximum atomic E-state index is 9.66. The second-order valence-corrected chi connectivity index (χ2v) is 2.91. The summed E-state index contributed by atoms with van der Waals surface area (Å²) < 4.78 is 1.97. The summed E-state index contributed by atoms with van der Waals surface area (Å²) in [5.41, 5.74) is 0.930. The van der Waals surface area contributed by atoms with Crippen molar-refractivity contribution < 1.29 is 5.11 Å². The monoisotopic (exact) mass is 168 g/mol. The van der Waals surface area contributed by atoms with Gasteiger partial charge < -0.3 is 9.67 Å². The summed E-state index contributed by atoms with van der Waals surface area (Å²) in [6.45, 7) is 4.98. The summed E-state index contributed by atoms with van der Waals surface area (Å²) in [6.07, 6.45) is 4.96. The summed E-state index contributed by atoms with van der Waals surface area (Å²) in [5, 5.41) is 9.66. The molecule has 12 heavy (non-hydrogen) atoms. The van der Waals surface area contributed by atoms with E-state index < -0.39 is 0 Å². The van der Waals surface area contributed by atoms with E-state index in [1.807, 2.05) is 11.5 Å². The molecular weight excluding hydrogens is 152 g/mol. The van der Waals surface area contributed by atoms with Crippen molar-refractivity contribution >= 4 is 0 Å². The van der Waals surface area contributed by atoms with Gasteiger partial charge in [0.05, 0.1) is 24.3 Å². The van der Waals surface area contributed by atoms with E-state index in [-0.39, 0.29) is 6.10 Å². The summed E-state index contributed by atoms with van der Waals surface area (Å²) in [7, 11) is 0. The van der Waals surface area contributed by atoms with E-state index in [0.717, 1.165) is 25.1 Å². The zero-order valence-corrected chi connectivity index (χ0v) is 7.70. The normalized spacial score (nSPS) is 13.2. The van der Waals surface area contributed by atoms with Crippen LogP contribution in [0.1, 0.15) is 38.5 Å². The number of aliphatic hydroxyl groups excluding tert-OH is 1. The highest BCUT2D eigenvalue weighted by Gasteiger charge is 2.10. The number of hydrogen-bond donors (Lipinski definition) is 1. The molecule has 0 aliphatic heterocycles. The van der Waals surface area contributed by atoms with Gasteiger partial charge in [0, 0.05) is 6.54 Å². The number of aliphatic hydroxyl groups is 1. The first-order valence-corrected chi connectivity index (χ1v) is 4.47. The average Bonchev–Trinajstić information content (AvgIpc) is 2.51. The third-order valence-corrected chi connectivity index (χ3v) is 1.99. The molecule has 1 atom stereocenters. The first-order valence-electron chi connectivity index (χ1n) is 4.47. The highest BCUT2D eigenvalue weighted by molar-refractivity contribution is 5.02. The molecule has 0 aliphatic carbocycles. The fraction of sp³-hybridized carbons (Fsp3) is 0.667. The Labute approximate surface area is 73.1 Å². The van der Waals surface area contributed by atoms with E-state index in [4.69, 9.17) is 0 Å². The van der Waals surface area contributed by atoms with Crippen molar-refractivity contribution in [1.82, 2.24) is 9.55 Å². The molecule has 0 aliphatic rings. The molecule has 1 aromatic rings. The third-order valence-electron chi connectivity index (χ3n) is 1.99. The van der Waals surface area contributed by atoms with Gasteiger partial charge in [-0.15, -0.1) is 0 Å². The zero-order valence-electron chi connectivity index (χ0n) is 7.70. The average molecular weight is 168 g/mol. The molecule has 68 valence electrons. The van der Waals surface area contributed by atoms with E-state index in [0.29, 0.717) is 0 Å². The van der Waals surface area contributed by atoms with Crippen molar-refractivity contribution in [2.24, 2.45) is 0 Å². The molecule has 3 nitrogen and oxygen atoms in total. The van der Waals surface area contributed by atoms with Crippen LogP contribution in [0.4, 0.5) is 0 Å². The Morgan fingerprint density at radius 1 is 1.58 bits per heavy atom. The lowest BCUT2D eigenvalue weighted by molar-refractivity contribution is 0.157. The SMILES string of the molecule is CCCC(O)c1cncn1CC. The van der Waals surface area contributed by atoms with Crippen LogP contribution in [0.5, 0.6) is 0 Å². The van der Waals surface area contributed by atoms with Crippen molar-refractivity contribution in [3.63, 3.8) is 0 Å². The van der Waals surface area contributed by atoms with Crippen molar-refractivity contribution in [2.75, 3.05) is 0 Å². The van der Waals surface area contributed by atoms with E-state index >= 15 is 0 Å². The van der Waals surface area contributed by atoms with Crippen LogP contribution in [0.2, 0.25) is 0 Å². The molecule has 1 aromatic heterocycles. The Balaban J connectivity index is 2.71. The lowest BCUT2D eigenvalue weighted by atomic mass is 10.1. The topological polar surface area (TPSA) is 38.1 Å². The lowest BCUT2D eigenvalue weighted by Crippen LogP contribution is -2.05. The highest BCUT2D eigenvalue weighted by Crippen LogP contribution is 2.17. The van der Waals surface area contributed by atoms with Crippen LogP contribution in [0.25, 0.3) is 0 Å². The zero-order chi connectivity index (χ0) is 8.97. The molecule has 0 amide bonds. The molecule has 1 heterocycles. The molecule has 0 spiro atoms. The molecule has 0 bridgehead atoms. The standard InChI is InChI=1S/C9H16N2O/c1-3-5-9(12)8-6-10-7-11(8)4-2/h6-7,9,12H,3-5H2,1-2H3. The van der Waals surface area contributed by atoms with Gasteiger partial charge in [-0.2, -0.15) is 0 Å². The molecule has 0 saturated carbocycles. The fourth-order valence-electron chi connectivity index (χ4n) is 1.29. The Morgan fingerprint density at radius 3 is 2.92 bits per heavy atom. The largest absolute Gasteiger partial charge is 0.387 e. The van der Waals surface area contributed by atoms with Gasteiger partial charge in [0.1, 0.15) is 0 Å². The molecule has 3 heteroatoms. The Kier molecular flexibility index (Phi) is 3.29. The van der Waals surface area contributed by atoms with Crippen LogP contribution >= 0.6 is 0 Å². The number of aromatic nitrogens is 2. The molecule has 0 fully saturated rings.